The number of nitrogens with zero attached hydrogens (tertiary/aromatic N) is 3. The number of aliphatic hydroxyl groups excluding tert-OH is 1. The molecule has 0 amide bonds. The third-order valence-electron chi connectivity index (χ3n) is 3.63. The van der Waals surface area contributed by atoms with Crippen molar-refractivity contribution in [3.63, 3.8) is 0 Å². The quantitative estimate of drug-likeness (QED) is 0.844. The largest absolute Gasteiger partial charge is 0.395 e. The molecule has 0 saturated carbocycles. The molecule has 1 aromatic heterocycles. The molecule has 1 aromatic rings. The molecule has 2 rings (SSSR count). The van der Waals surface area contributed by atoms with Gasteiger partial charge < -0.3 is 9.67 Å². The van der Waals surface area contributed by atoms with E-state index >= 15 is 0 Å². The topological polar surface area (TPSA) is 41.3 Å². The summed E-state index contributed by atoms with van der Waals surface area (Å²) in [5.74, 6) is 0. The number of aromatic nitrogens is 2. The first-order chi connectivity index (χ1) is 8.40. The Morgan fingerprint density at radius 1 is 1.24 bits per heavy atom. The van der Waals surface area contributed by atoms with Crippen molar-refractivity contribution in [3.8, 4) is 0 Å². The van der Waals surface area contributed by atoms with Gasteiger partial charge >= 0.3 is 0 Å². The van der Waals surface area contributed by atoms with Gasteiger partial charge in [0.25, 0.3) is 0 Å². The molecule has 0 aliphatic carbocycles. The molecule has 1 saturated heterocycles. The van der Waals surface area contributed by atoms with Crippen LogP contribution in [0.15, 0.2) is 18.7 Å². The molecule has 0 spiro atoms. The number of hydrogen-bond acceptors (Lipinski definition) is 3. The van der Waals surface area contributed by atoms with Crippen LogP contribution in [0.3, 0.4) is 0 Å². The van der Waals surface area contributed by atoms with Gasteiger partial charge in [-0.3, -0.25) is 4.90 Å². The first kappa shape index (κ1) is 12.6. The Morgan fingerprint density at radius 3 is 2.94 bits per heavy atom. The molecule has 1 unspecified atom stereocenters. The van der Waals surface area contributed by atoms with Gasteiger partial charge in [0.05, 0.1) is 12.9 Å². The highest BCUT2D eigenvalue weighted by molar-refractivity contribution is 4.76. The number of aryl methyl sites for hydroxylation is 1. The normalized spacial score (nSPS) is 22.5. The Morgan fingerprint density at radius 2 is 2.18 bits per heavy atom. The minimum absolute atomic E-state index is 0.311. The lowest BCUT2D eigenvalue weighted by atomic mass is 10.1. The summed E-state index contributed by atoms with van der Waals surface area (Å²) < 4.78 is 2.12. The highest BCUT2D eigenvalue weighted by atomic mass is 16.3. The van der Waals surface area contributed by atoms with Gasteiger partial charge in [0.15, 0.2) is 0 Å². The van der Waals surface area contributed by atoms with Crippen LogP contribution in [-0.2, 0) is 6.54 Å². The van der Waals surface area contributed by atoms with Crippen LogP contribution in [0.1, 0.15) is 32.1 Å². The Balaban J connectivity index is 1.75. The van der Waals surface area contributed by atoms with Crippen LogP contribution < -0.4 is 0 Å². The van der Waals surface area contributed by atoms with Gasteiger partial charge in [-0.05, 0) is 25.8 Å². The van der Waals surface area contributed by atoms with E-state index in [2.05, 4.69) is 14.5 Å². The summed E-state index contributed by atoms with van der Waals surface area (Å²) in [6.45, 7) is 3.57. The molecule has 1 aliphatic heterocycles. The molecule has 0 radical (unpaired) electrons. The molecule has 1 atom stereocenters. The maximum Gasteiger partial charge on any atom is 0.0945 e. The average molecular weight is 237 g/mol. The van der Waals surface area contributed by atoms with Crippen LogP contribution in [0.4, 0.5) is 0 Å². The summed E-state index contributed by atoms with van der Waals surface area (Å²) in [7, 11) is 0. The standard InChI is InChI=1S/C13H23N3O/c17-11-13-5-2-1-3-8-16(13)9-4-7-15-10-6-14-12-15/h6,10,12-13,17H,1-5,7-9,11H2. The number of hydrogen-bond donors (Lipinski definition) is 1. The van der Waals surface area contributed by atoms with Gasteiger partial charge in [-0.25, -0.2) is 4.98 Å². The number of likely N-dealkylation sites (tertiary alicyclic amines) is 1. The highest BCUT2D eigenvalue weighted by Crippen LogP contribution is 2.16. The first-order valence-corrected chi connectivity index (χ1v) is 6.71. The van der Waals surface area contributed by atoms with E-state index in [4.69, 9.17) is 0 Å². The third kappa shape index (κ3) is 3.82. The van der Waals surface area contributed by atoms with Gasteiger partial charge in [-0.15, -0.1) is 0 Å². The molecule has 0 aromatic carbocycles. The predicted octanol–water partition coefficient (Wildman–Crippen LogP) is 1.51. The lowest BCUT2D eigenvalue weighted by molar-refractivity contribution is 0.122. The van der Waals surface area contributed by atoms with Crippen LogP contribution in [-0.4, -0.2) is 45.3 Å². The van der Waals surface area contributed by atoms with E-state index in [9.17, 15) is 5.11 Å². The highest BCUT2D eigenvalue weighted by Gasteiger charge is 2.19. The summed E-state index contributed by atoms with van der Waals surface area (Å²) in [6.07, 6.45) is 11.8. The van der Waals surface area contributed by atoms with Crippen molar-refractivity contribution in [1.82, 2.24) is 14.5 Å². The second kappa shape index (κ2) is 6.77. The van der Waals surface area contributed by atoms with Gasteiger partial charge in [0.1, 0.15) is 0 Å². The van der Waals surface area contributed by atoms with E-state index in [-0.39, 0.29) is 0 Å². The summed E-state index contributed by atoms with van der Waals surface area (Å²) in [4.78, 5) is 6.51. The van der Waals surface area contributed by atoms with Crippen LogP contribution in [0, 0.1) is 0 Å². The summed E-state index contributed by atoms with van der Waals surface area (Å²) in [5, 5.41) is 9.41. The van der Waals surface area contributed by atoms with Crippen LogP contribution in [0.25, 0.3) is 0 Å². The van der Waals surface area contributed by atoms with Crippen molar-refractivity contribution >= 4 is 0 Å². The molecule has 1 N–H and O–H groups in total. The predicted molar refractivity (Wildman–Crippen MR) is 67.8 cm³/mol. The van der Waals surface area contributed by atoms with Crippen molar-refractivity contribution < 1.29 is 5.11 Å². The van der Waals surface area contributed by atoms with E-state index in [1.54, 1.807) is 0 Å². The zero-order chi connectivity index (χ0) is 11.9. The molecule has 4 heteroatoms. The summed E-state index contributed by atoms with van der Waals surface area (Å²) >= 11 is 0. The molecular weight excluding hydrogens is 214 g/mol. The number of aliphatic hydroxyl groups is 1. The van der Waals surface area contributed by atoms with Gasteiger partial charge in [0.2, 0.25) is 0 Å². The molecule has 1 fully saturated rings. The average Bonchev–Trinajstić information content (AvgIpc) is 2.75. The Labute approximate surface area is 103 Å². The molecule has 2 heterocycles. The lowest BCUT2D eigenvalue weighted by Gasteiger charge is -2.28. The van der Waals surface area contributed by atoms with E-state index < -0.39 is 0 Å². The van der Waals surface area contributed by atoms with Crippen LogP contribution >= 0.6 is 0 Å². The molecule has 4 nitrogen and oxygen atoms in total. The maximum absolute atomic E-state index is 9.41. The molecule has 96 valence electrons. The minimum Gasteiger partial charge on any atom is -0.395 e. The van der Waals surface area contributed by atoms with Gasteiger partial charge in [-0.1, -0.05) is 12.8 Å². The van der Waals surface area contributed by atoms with Gasteiger partial charge in [-0.2, -0.15) is 0 Å². The maximum atomic E-state index is 9.41. The van der Waals surface area contributed by atoms with E-state index in [0.29, 0.717) is 12.6 Å². The fourth-order valence-electron chi connectivity index (χ4n) is 2.61. The lowest BCUT2D eigenvalue weighted by Crippen LogP contribution is -2.38. The second-order valence-corrected chi connectivity index (χ2v) is 4.88. The first-order valence-electron chi connectivity index (χ1n) is 6.71. The van der Waals surface area contributed by atoms with Crippen molar-refractivity contribution in [2.45, 2.75) is 44.7 Å². The fraction of sp³-hybridized carbons (Fsp3) is 0.769. The molecular formula is C13H23N3O. The van der Waals surface area contributed by atoms with Crippen molar-refractivity contribution in [2.24, 2.45) is 0 Å². The Hall–Kier alpha value is -0.870. The smallest absolute Gasteiger partial charge is 0.0945 e. The van der Waals surface area contributed by atoms with Gasteiger partial charge in [0, 0.05) is 31.5 Å². The second-order valence-electron chi connectivity index (χ2n) is 4.88. The zero-order valence-corrected chi connectivity index (χ0v) is 10.5. The third-order valence-corrected chi connectivity index (χ3v) is 3.63. The SMILES string of the molecule is OCC1CCCCCN1CCCn1ccnc1. The zero-order valence-electron chi connectivity index (χ0n) is 10.5. The molecule has 17 heavy (non-hydrogen) atoms. The number of imidazole rings is 1. The number of rotatable bonds is 5. The van der Waals surface area contributed by atoms with Crippen molar-refractivity contribution in [2.75, 3.05) is 19.7 Å². The minimum atomic E-state index is 0.311. The monoisotopic (exact) mass is 237 g/mol. The van der Waals surface area contributed by atoms with Crippen molar-refractivity contribution in [3.05, 3.63) is 18.7 Å². The van der Waals surface area contributed by atoms with Crippen LogP contribution in [0.2, 0.25) is 0 Å². The van der Waals surface area contributed by atoms with Crippen molar-refractivity contribution in [1.29, 1.82) is 0 Å². The Bertz CT molecular complexity index is 300. The molecule has 0 bridgehead atoms. The van der Waals surface area contributed by atoms with Crippen LogP contribution in [0.5, 0.6) is 0 Å². The summed E-state index contributed by atoms with van der Waals surface area (Å²) in [6, 6.07) is 0.389. The summed E-state index contributed by atoms with van der Waals surface area (Å²) in [5.41, 5.74) is 0. The van der Waals surface area contributed by atoms with E-state index in [1.165, 1.54) is 19.3 Å². The molecule has 1 aliphatic rings. The Kier molecular flexibility index (Phi) is 5.01. The van der Waals surface area contributed by atoms with E-state index in [0.717, 1.165) is 32.5 Å². The van der Waals surface area contributed by atoms with E-state index in [1.807, 2.05) is 18.7 Å². The fourth-order valence-corrected chi connectivity index (χ4v) is 2.61.